The van der Waals surface area contributed by atoms with Gasteiger partial charge >= 0.3 is 0 Å². The van der Waals surface area contributed by atoms with Crippen LogP contribution in [0.4, 0.5) is 0 Å². The quantitative estimate of drug-likeness (QED) is 0.398. The highest BCUT2D eigenvalue weighted by Gasteiger charge is 2.25. The van der Waals surface area contributed by atoms with Crippen molar-refractivity contribution >= 4 is 46.0 Å². The molecule has 0 aliphatic rings. The first kappa shape index (κ1) is 15.6. The van der Waals surface area contributed by atoms with Crippen molar-refractivity contribution in [1.29, 1.82) is 0 Å². The summed E-state index contributed by atoms with van der Waals surface area (Å²) in [6.45, 7) is 6.16. The minimum atomic E-state index is -0.242. The number of rotatable bonds is 5. The molecule has 2 rings (SSSR count). The van der Waals surface area contributed by atoms with E-state index in [4.69, 9.17) is 6.13 Å². The van der Waals surface area contributed by atoms with Gasteiger partial charge in [-0.25, -0.2) is 0 Å². The molecule has 2 nitrogen and oxygen atoms in total. The topological polar surface area (TPSA) is 18.5 Å². The van der Waals surface area contributed by atoms with Gasteiger partial charge in [0.05, 0.1) is 0 Å². The van der Waals surface area contributed by atoms with Crippen LogP contribution in [0.15, 0.2) is 61.2 Å². The summed E-state index contributed by atoms with van der Waals surface area (Å²) < 4.78 is 10.4. The first-order valence-electron chi connectivity index (χ1n) is 6.06. The van der Waals surface area contributed by atoms with E-state index in [-0.39, 0.29) is 5.41 Å². The third-order valence-corrected chi connectivity index (χ3v) is 4.51. The molecule has 0 amide bonds. The van der Waals surface area contributed by atoms with Crippen LogP contribution < -0.4 is 6.13 Å². The molecule has 0 aromatic heterocycles. The van der Waals surface area contributed by atoms with Crippen molar-refractivity contribution in [3.63, 3.8) is 0 Å². The molecule has 0 aliphatic heterocycles. The van der Waals surface area contributed by atoms with Gasteiger partial charge in [0.2, 0.25) is 0 Å². The molecule has 0 heterocycles. The van der Waals surface area contributed by atoms with Crippen LogP contribution >= 0.6 is 46.0 Å². The number of halogens is 2. The van der Waals surface area contributed by atoms with Gasteiger partial charge in [0.1, 0.15) is 11.5 Å². The van der Waals surface area contributed by atoms with Gasteiger partial charge in [0.25, 0.3) is 0 Å². The Bertz CT molecular complexity index is 529. The van der Waals surface area contributed by atoms with E-state index >= 15 is 0 Å². The number of allylic oxidation sites excluding steroid dienone is 1. The summed E-state index contributed by atoms with van der Waals surface area (Å²) in [6.07, 6.45) is 1.97. The van der Waals surface area contributed by atoms with Crippen LogP contribution in [0.25, 0.3) is 0 Å². The SMILES string of the molecule is C=CC(C)(c1ccc(OI)cc1)c1ccc(OI)cc1. The van der Waals surface area contributed by atoms with Crippen LogP contribution in [0.3, 0.4) is 0 Å². The molecule has 2 aromatic carbocycles. The van der Waals surface area contributed by atoms with E-state index in [9.17, 15) is 0 Å². The normalized spacial score (nSPS) is 10.9. The van der Waals surface area contributed by atoms with Gasteiger partial charge in [-0.15, -0.1) is 6.58 Å². The zero-order valence-electron chi connectivity index (χ0n) is 11.0. The summed E-state index contributed by atoms with van der Waals surface area (Å²) in [5.74, 6) is 1.68. The molecule has 2 aromatic rings. The van der Waals surface area contributed by atoms with E-state index in [2.05, 4.69) is 37.8 Å². The Kier molecular flexibility index (Phi) is 5.31. The van der Waals surface area contributed by atoms with E-state index in [0.717, 1.165) is 11.5 Å². The van der Waals surface area contributed by atoms with E-state index < -0.39 is 0 Å². The van der Waals surface area contributed by atoms with Crippen molar-refractivity contribution in [2.24, 2.45) is 0 Å². The molecule has 0 atom stereocenters. The zero-order chi connectivity index (χ0) is 14.6. The first-order chi connectivity index (χ1) is 9.63. The summed E-state index contributed by atoms with van der Waals surface area (Å²) in [4.78, 5) is 0. The summed E-state index contributed by atoms with van der Waals surface area (Å²) in [7, 11) is 0. The van der Waals surface area contributed by atoms with Crippen molar-refractivity contribution in [2.75, 3.05) is 0 Å². The Labute approximate surface area is 147 Å². The molecular weight excluding hydrogens is 478 g/mol. The van der Waals surface area contributed by atoms with Crippen molar-refractivity contribution in [1.82, 2.24) is 0 Å². The highest BCUT2D eigenvalue weighted by Crippen LogP contribution is 2.35. The second-order valence-electron chi connectivity index (χ2n) is 4.61. The maximum Gasteiger partial charge on any atom is 0.192 e. The Hall–Kier alpha value is -0.760. The van der Waals surface area contributed by atoms with Crippen LogP contribution in [0.5, 0.6) is 11.5 Å². The zero-order valence-corrected chi connectivity index (χ0v) is 15.3. The molecule has 0 spiro atoms. The molecule has 20 heavy (non-hydrogen) atoms. The predicted molar refractivity (Wildman–Crippen MR) is 98.8 cm³/mol. The highest BCUT2D eigenvalue weighted by atomic mass is 127. The van der Waals surface area contributed by atoms with Crippen LogP contribution in [-0.2, 0) is 5.41 Å². The average Bonchev–Trinajstić information content (AvgIpc) is 2.54. The minimum Gasteiger partial charge on any atom is -0.428 e. The largest absolute Gasteiger partial charge is 0.428 e. The molecular formula is C16H14I2O2. The lowest BCUT2D eigenvalue weighted by atomic mass is 9.76. The fraction of sp³-hybridized carbons (Fsp3) is 0.125. The Morgan fingerprint density at radius 1 is 0.850 bits per heavy atom. The Balaban J connectivity index is 2.42. The standard InChI is InChI=1S/C16H14I2O2/c1-3-16(2,12-4-8-14(19-17)9-5-12)13-6-10-15(20-18)11-7-13/h3-11H,1H2,2H3. The lowest BCUT2D eigenvalue weighted by Gasteiger charge is -2.27. The van der Waals surface area contributed by atoms with Gasteiger partial charge in [-0.2, -0.15) is 0 Å². The van der Waals surface area contributed by atoms with E-state index in [1.54, 1.807) is 0 Å². The second-order valence-corrected chi connectivity index (χ2v) is 5.49. The summed E-state index contributed by atoms with van der Waals surface area (Å²) in [5.41, 5.74) is 2.11. The van der Waals surface area contributed by atoms with Crippen molar-refractivity contribution < 1.29 is 6.13 Å². The Morgan fingerprint density at radius 3 is 1.45 bits per heavy atom. The summed E-state index contributed by atoms with van der Waals surface area (Å²) in [6, 6.07) is 16.1. The van der Waals surface area contributed by atoms with Crippen molar-refractivity contribution in [3.8, 4) is 11.5 Å². The van der Waals surface area contributed by atoms with Gasteiger partial charge in [0, 0.05) is 5.41 Å². The maximum absolute atomic E-state index is 5.18. The third-order valence-electron chi connectivity index (χ3n) is 3.49. The maximum atomic E-state index is 5.18. The number of hydrogen-bond donors (Lipinski definition) is 0. The highest BCUT2D eigenvalue weighted by molar-refractivity contribution is 14.1. The molecule has 104 valence electrons. The predicted octanol–water partition coefficient (Wildman–Crippen LogP) is 5.64. The molecule has 4 heteroatoms. The fourth-order valence-corrected chi connectivity index (χ4v) is 2.69. The Morgan fingerprint density at radius 2 is 1.20 bits per heavy atom. The first-order valence-corrected chi connectivity index (χ1v) is 7.82. The van der Waals surface area contributed by atoms with Gasteiger partial charge < -0.3 is 6.13 Å². The molecule has 0 saturated heterocycles. The molecule has 0 bridgehead atoms. The molecule has 0 N–H and O–H groups in total. The number of hydrogen-bond acceptors (Lipinski definition) is 2. The van der Waals surface area contributed by atoms with Crippen LogP contribution in [0, 0.1) is 0 Å². The van der Waals surface area contributed by atoms with Gasteiger partial charge in [-0.05, 0) is 42.3 Å². The average molecular weight is 492 g/mol. The van der Waals surface area contributed by atoms with E-state index in [0.29, 0.717) is 0 Å². The lowest BCUT2D eigenvalue weighted by Crippen LogP contribution is -2.20. The minimum absolute atomic E-state index is 0.242. The van der Waals surface area contributed by atoms with Crippen LogP contribution in [-0.4, -0.2) is 0 Å². The molecule has 0 radical (unpaired) electrons. The fourth-order valence-electron chi connectivity index (χ4n) is 2.11. The molecule has 0 saturated carbocycles. The lowest BCUT2D eigenvalue weighted by molar-refractivity contribution is 0.695. The second kappa shape index (κ2) is 6.80. The smallest absolute Gasteiger partial charge is 0.192 e. The molecule has 0 aliphatic carbocycles. The number of benzene rings is 2. The van der Waals surface area contributed by atoms with E-state index in [1.807, 2.05) is 76.4 Å². The van der Waals surface area contributed by atoms with Crippen LogP contribution in [0.2, 0.25) is 0 Å². The van der Waals surface area contributed by atoms with Gasteiger partial charge in [-0.3, -0.25) is 0 Å². The van der Waals surface area contributed by atoms with Gasteiger partial charge in [-0.1, -0.05) is 30.3 Å². The summed E-state index contributed by atoms with van der Waals surface area (Å²) in [5, 5.41) is 0. The van der Waals surface area contributed by atoms with Crippen LogP contribution in [0.1, 0.15) is 18.1 Å². The molecule has 0 fully saturated rings. The monoisotopic (exact) mass is 492 g/mol. The summed E-state index contributed by atoms with van der Waals surface area (Å²) >= 11 is 3.76. The van der Waals surface area contributed by atoms with Crippen molar-refractivity contribution in [3.05, 3.63) is 72.3 Å². The van der Waals surface area contributed by atoms with E-state index in [1.165, 1.54) is 11.1 Å². The van der Waals surface area contributed by atoms with Gasteiger partial charge in [0.15, 0.2) is 46.0 Å². The molecule has 0 unspecified atom stereocenters. The third kappa shape index (κ3) is 3.11. The van der Waals surface area contributed by atoms with Crippen molar-refractivity contribution in [2.45, 2.75) is 12.3 Å².